The molecule has 1 aliphatic heterocycles. The number of carbonyl (C=O) groups excluding carboxylic acids is 5. The quantitative estimate of drug-likeness (QED) is 0.102. The molecule has 1 rings (SSSR count). The lowest BCUT2D eigenvalue weighted by molar-refractivity contribution is -0.309. The Hall–Kier alpha value is -3.09. The lowest BCUT2D eigenvalue weighted by atomic mass is 9.98. The molecule has 0 radical (unpaired) electrons. The lowest BCUT2D eigenvalue weighted by Gasteiger charge is -2.44. The zero-order valence-electron chi connectivity index (χ0n) is 27.7. The summed E-state index contributed by atoms with van der Waals surface area (Å²) in [5.74, 6) is -2.81. The first-order chi connectivity index (χ1) is 21.7. The molecule has 46 heavy (non-hydrogen) atoms. The highest BCUT2D eigenvalue weighted by Crippen LogP contribution is 2.30. The van der Waals surface area contributed by atoms with E-state index in [1.807, 2.05) is 0 Å². The van der Waals surface area contributed by atoms with E-state index in [-0.39, 0.29) is 33.0 Å². The van der Waals surface area contributed by atoms with Gasteiger partial charge in [-0.05, 0) is 20.8 Å². The molecule has 266 valence electrons. The van der Waals surface area contributed by atoms with Crippen LogP contribution in [0.15, 0.2) is 0 Å². The number of esters is 4. The van der Waals surface area contributed by atoms with E-state index in [1.54, 1.807) is 20.8 Å². The summed E-state index contributed by atoms with van der Waals surface area (Å²) in [5.41, 5.74) is -0.554. The van der Waals surface area contributed by atoms with E-state index < -0.39 is 66.3 Å². The molecule has 0 spiro atoms. The highest BCUT2D eigenvalue weighted by molar-refractivity contribution is 5.69. The van der Waals surface area contributed by atoms with Gasteiger partial charge in [0.2, 0.25) is 0 Å². The molecule has 1 aliphatic rings. The van der Waals surface area contributed by atoms with Crippen LogP contribution in [0.1, 0.15) is 48.5 Å². The number of amides is 1. The summed E-state index contributed by atoms with van der Waals surface area (Å²) in [6.07, 6.45) is -6.75. The summed E-state index contributed by atoms with van der Waals surface area (Å²) < 4.78 is 59.5. The van der Waals surface area contributed by atoms with E-state index in [2.05, 4.69) is 5.32 Å². The van der Waals surface area contributed by atoms with Gasteiger partial charge in [0.15, 0.2) is 24.6 Å². The number of alkyl carbamates (subject to hydrolysis) is 1. The zero-order chi connectivity index (χ0) is 34.5. The van der Waals surface area contributed by atoms with Gasteiger partial charge in [-0.15, -0.1) is 0 Å². The van der Waals surface area contributed by atoms with E-state index in [4.69, 9.17) is 52.1 Å². The van der Waals surface area contributed by atoms with E-state index in [0.717, 1.165) is 20.8 Å². The fourth-order valence-electron chi connectivity index (χ4n) is 3.85. The number of hydrogen-bond donors (Lipinski definition) is 1. The van der Waals surface area contributed by atoms with Crippen LogP contribution in [0.2, 0.25) is 0 Å². The Morgan fingerprint density at radius 3 is 1.54 bits per heavy atom. The average Bonchev–Trinajstić information content (AvgIpc) is 2.92. The number of nitrogens with one attached hydrogen (secondary N) is 1. The molecule has 1 N–H and O–H groups in total. The minimum absolute atomic E-state index is 0.0237. The predicted octanol–water partition coefficient (Wildman–Crippen LogP) is 0.677. The molecule has 0 aliphatic carbocycles. The van der Waals surface area contributed by atoms with Crippen molar-refractivity contribution >= 4 is 30.0 Å². The number of carbonyl (C=O) groups is 5. The van der Waals surface area contributed by atoms with E-state index in [0.29, 0.717) is 39.6 Å². The zero-order valence-corrected chi connectivity index (χ0v) is 27.7. The highest BCUT2D eigenvalue weighted by atomic mass is 16.7. The van der Waals surface area contributed by atoms with Crippen molar-refractivity contribution in [2.24, 2.45) is 0 Å². The molecule has 1 fully saturated rings. The Bertz CT molecular complexity index is 939. The monoisotopic (exact) mass is 667 g/mol. The summed E-state index contributed by atoms with van der Waals surface area (Å²) in [6, 6.07) is 0. The Labute approximate surface area is 269 Å². The molecular formula is C29H49NO16. The summed E-state index contributed by atoms with van der Waals surface area (Å²) >= 11 is 0. The maximum Gasteiger partial charge on any atom is 0.407 e. The van der Waals surface area contributed by atoms with Gasteiger partial charge >= 0.3 is 30.0 Å². The largest absolute Gasteiger partial charge is 0.463 e. The predicted molar refractivity (Wildman–Crippen MR) is 155 cm³/mol. The Kier molecular flexibility index (Phi) is 20.0. The van der Waals surface area contributed by atoms with Crippen LogP contribution in [-0.4, -0.2) is 139 Å². The molecule has 1 amide bonds. The Balaban J connectivity index is 2.36. The molecule has 1 saturated heterocycles. The topological polar surface area (TPSA) is 199 Å². The molecule has 0 aromatic rings. The lowest BCUT2D eigenvalue weighted by Crippen LogP contribution is -2.63. The van der Waals surface area contributed by atoms with Gasteiger partial charge in [-0.2, -0.15) is 0 Å². The third kappa shape index (κ3) is 19.4. The molecule has 1 unspecified atom stereocenters. The summed E-state index contributed by atoms with van der Waals surface area (Å²) in [5, 5.41) is 2.60. The number of hydrogen-bond acceptors (Lipinski definition) is 16. The van der Waals surface area contributed by atoms with Gasteiger partial charge in [0, 0.05) is 34.2 Å². The van der Waals surface area contributed by atoms with Gasteiger partial charge in [0.1, 0.15) is 18.3 Å². The van der Waals surface area contributed by atoms with Gasteiger partial charge in [-0.1, -0.05) is 0 Å². The van der Waals surface area contributed by atoms with Crippen LogP contribution in [0.3, 0.4) is 0 Å². The van der Waals surface area contributed by atoms with E-state index >= 15 is 0 Å². The molecular weight excluding hydrogens is 618 g/mol. The van der Waals surface area contributed by atoms with Crippen LogP contribution in [0.25, 0.3) is 0 Å². The second-order valence-electron chi connectivity index (χ2n) is 10.8. The summed E-state index contributed by atoms with van der Waals surface area (Å²) in [6.45, 7) is 12.3. The number of rotatable bonds is 21. The van der Waals surface area contributed by atoms with Crippen LogP contribution < -0.4 is 5.32 Å². The van der Waals surface area contributed by atoms with Crippen molar-refractivity contribution in [2.75, 3.05) is 72.6 Å². The molecule has 0 bridgehead atoms. The van der Waals surface area contributed by atoms with Crippen LogP contribution in [0.5, 0.6) is 0 Å². The van der Waals surface area contributed by atoms with Gasteiger partial charge in [0.05, 0.1) is 59.5 Å². The minimum Gasteiger partial charge on any atom is -0.463 e. The normalized spacial score (nSPS) is 21.2. The van der Waals surface area contributed by atoms with Gasteiger partial charge < -0.3 is 57.4 Å². The van der Waals surface area contributed by atoms with Crippen molar-refractivity contribution < 1.29 is 76.1 Å². The maximum absolute atomic E-state index is 11.9. The molecule has 0 saturated carbocycles. The van der Waals surface area contributed by atoms with E-state index in [1.165, 1.54) is 6.92 Å². The second kappa shape index (κ2) is 22.4. The van der Waals surface area contributed by atoms with Gasteiger partial charge in [-0.3, -0.25) is 19.2 Å². The fraction of sp³-hybridized carbons (Fsp3) is 0.828. The van der Waals surface area contributed by atoms with Crippen molar-refractivity contribution in [1.29, 1.82) is 0 Å². The summed E-state index contributed by atoms with van der Waals surface area (Å²) in [7, 11) is 0. The molecule has 0 aromatic carbocycles. The molecule has 17 nitrogen and oxygen atoms in total. The smallest absolute Gasteiger partial charge is 0.407 e. The standard InChI is InChI=1S/C29H49NO16/c1-19(31)41-18-23-24(42-20(2)32)25(43-21(3)33)26(44-22(4)34)27(45-23)40-17-16-39-15-14-38-13-12-37-11-10-36-9-8-30-28(35)46-29(5,6)7/h23-27H,8-18H2,1-7H3,(H,30,35)/t23-,24-,25+,26+,27?/m1/s1. The summed E-state index contributed by atoms with van der Waals surface area (Å²) in [4.78, 5) is 58.5. The highest BCUT2D eigenvalue weighted by Gasteiger charge is 2.52. The van der Waals surface area contributed by atoms with Crippen molar-refractivity contribution in [2.45, 2.75) is 84.8 Å². The van der Waals surface area contributed by atoms with Crippen LogP contribution >= 0.6 is 0 Å². The first-order valence-corrected chi connectivity index (χ1v) is 14.9. The fourth-order valence-corrected chi connectivity index (χ4v) is 3.85. The minimum atomic E-state index is -1.31. The van der Waals surface area contributed by atoms with Gasteiger partial charge in [-0.25, -0.2) is 4.79 Å². The maximum atomic E-state index is 11.9. The molecule has 17 heteroatoms. The van der Waals surface area contributed by atoms with Crippen molar-refractivity contribution in [3.05, 3.63) is 0 Å². The van der Waals surface area contributed by atoms with Crippen molar-refractivity contribution in [3.8, 4) is 0 Å². The second-order valence-corrected chi connectivity index (χ2v) is 10.8. The third-order valence-corrected chi connectivity index (χ3v) is 5.49. The molecule has 0 aromatic heterocycles. The number of ether oxygens (including phenoxy) is 11. The average molecular weight is 668 g/mol. The SMILES string of the molecule is CC(=O)OC[C@H]1OC(OCCOCCOCCOCCOCCNC(=O)OC(C)(C)C)[C@@H](OC(C)=O)[C@@H](OC(C)=O)[C@@H]1OC(C)=O. The van der Waals surface area contributed by atoms with Crippen molar-refractivity contribution in [1.82, 2.24) is 5.32 Å². The third-order valence-electron chi connectivity index (χ3n) is 5.49. The first-order valence-electron chi connectivity index (χ1n) is 14.9. The van der Waals surface area contributed by atoms with Crippen molar-refractivity contribution in [3.63, 3.8) is 0 Å². The van der Waals surface area contributed by atoms with E-state index in [9.17, 15) is 24.0 Å². The van der Waals surface area contributed by atoms with Gasteiger partial charge in [0.25, 0.3) is 0 Å². The molecule has 5 atom stereocenters. The first kappa shape index (κ1) is 40.9. The Morgan fingerprint density at radius 1 is 0.609 bits per heavy atom. The van der Waals surface area contributed by atoms with Crippen LogP contribution in [0.4, 0.5) is 4.79 Å². The van der Waals surface area contributed by atoms with Crippen LogP contribution in [0, 0.1) is 0 Å². The van der Waals surface area contributed by atoms with Crippen LogP contribution in [-0.2, 0) is 71.3 Å². The molecule has 1 heterocycles. The Morgan fingerprint density at radius 2 is 1.07 bits per heavy atom.